The third kappa shape index (κ3) is 3.35. The molecule has 0 unspecified atom stereocenters. The summed E-state index contributed by atoms with van der Waals surface area (Å²) >= 11 is 0. The molecular weight excluding hydrogens is 236 g/mol. The molecule has 2 atom stereocenters. The summed E-state index contributed by atoms with van der Waals surface area (Å²) < 4.78 is 0. The average molecular weight is 260 g/mol. The van der Waals surface area contributed by atoms with Crippen LogP contribution in [0.15, 0.2) is 24.3 Å². The van der Waals surface area contributed by atoms with Gasteiger partial charge in [0.15, 0.2) is 0 Å². The Morgan fingerprint density at radius 3 is 2.42 bits per heavy atom. The van der Waals surface area contributed by atoms with Crippen molar-refractivity contribution in [3.63, 3.8) is 0 Å². The second-order valence-corrected chi connectivity index (χ2v) is 5.57. The molecule has 1 saturated carbocycles. The van der Waals surface area contributed by atoms with Crippen molar-refractivity contribution < 1.29 is 4.79 Å². The number of nitrogens with zero attached hydrogens (tertiary/aromatic N) is 1. The van der Waals surface area contributed by atoms with Crippen LogP contribution in [0.4, 0.5) is 0 Å². The van der Waals surface area contributed by atoms with E-state index in [1.165, 1.54) is 11.1 Å². The van der Waals surface area contributed by atoms with Crippen LogP contribution in [0.1, 0.15) is 37.3 Å². The van der Waals surface area contributed by atoms with Crippen LogP contribution in [0, 0.1) is 5.92 Å². The predicted molar refractivity (Wildman–Crippen MR) is 77.6 cm³/mol. The number of aryl methyl sites for hydroxylation is 1. The lowest BCUT2D eigenvalue weighted by molar-refractivity contribution is -0.134. The molecule has 19 heavy (non-hydrogen) atoms. The SMILES string of the molecule is CCc1ccc(CN(C)C(=O)[C@H]2CCC[C@H]2N)cc1. The smallest absolute Gasteiger partial charge is 0.227 e. The molecule has 1 aliphatic rings. The molecule has 1 aromatic carbocycles. The predicted octanol–water partition coefficient (Wildman–Crippen LogP) is 2.33. The molecule has 0 bridgehead atoms. The molecule has 2 rings (SSSR count). The van der Waals surface area contributed by atoms with Crippen LogP contribution in [0.25, 0.3) is 0 Å². The number of amides is 1. The minimum atomic E-state index is 0.0277. The van der Waals surface area contributed by atoms with Gasteiger partial charge in [-0.15, -0.1) is 0 Å². The van der Waals surface area contributed by atoms with E-state index in [4.69, 9.17) is 5.73 Å². The third-order valence-corrected chi connectivity index (χ3v) is 4.11. The summed E-state index contributed by atoms with van der Waals surface area (Å²) in [6.45, 7) is 2.82. The minimum Gasteiger partial charge on any atom is -0.341 e. The molecule has 1 amide bonds. The van der Waals surface area contributed by atoms with E-state index in [0.717, 1.165) is 25.7 Å². The van der Waals surface area contributed by atoms with Crippen LogP contribution in [0.2, 0.25) is 0 Å². The fraction of sp³-hybridized carbons (Fsp3) is 0.562. The van der Waals surface area contributed by atoms with E-state index in [-0.39, 0.29) is 17.9 Å². The van der Waals surface area contributed by atoms with E-state index >= 15 is 0 Å². The Balaban J connectivity index is 1.95. The van der Waals surface area contributed by atoms with Gasteiger partial charge in [-0.25, -0.2) is 0 Å². The lowest BCUT2D eigenvalue weighted by Gasteiger charge is -2.23. The maximum Gasteiger partial charge on any atom is 0.227 e. The standard InChI is InChI=1S/C16H24N2O/c1-3-12-7-9-13(10-8-12)11-18(2)16(19)14-5-4-6-15(14)17/h7-10,14-15H,3-6,11,17H2,1-2H3/t14-,15+/m0/s1. The molecule has 0 spiro atoms. The Hall–Kier alpha value is -1.35. The van der Waals surface area contributed by atoms with E-state index in [9.17, 15) is 4.79 Å². The first-order valence-corrected chi connectivity index (χ1v) is 7.20. The Labute approximate surface area is 115 Å². The highest BCUT2D eigenvalue weighted by Crippen LogP contribution is 2.26. The highest BCUT2D eigenvalue weighted by molar-refractivity contribution is 5.79. The van der Waals surface area contributed by atoms with Crippen LogP contribution in [-0.4, -0.2) is 23.9 Å². The summed E-state index contributed by atoms with van der Waals surface area (Å²) in [5, 5.41) is 0. The number of nitrogens with two attached hydrogens (primary N) is 1. The molecule has 2 N–H and O–H groups in total. The first-order chi connectivity index (χ1) is 9.11. The first-order valence-electron chi connectivity index (χ1n) is 7.20. The molecule has 104 valence electrons. The number of carbonyl (C=O) groups excluding carboxylic acids is 1. The Morgan fingerprint density at radius 2 is 1.89 bits per heavy atom. The van der Waals surface area contributed by atoms with Gasteiger partial charge in [0.05, 0.1) is 5.92 Å². The van der Waals surface area contributed by atoms with E-state index in [1.54, 1.807) is 0 Å². The van der Waals surface area contributed by atoms with Crippen LogP contribution in [-0.2, 0) is 17.8 Å². The molecule has 3 heteroatoms. The first kappa shape index (κ1) is 14.1. The summed E-state index contributed by atoms with van der Waals surface area (Å²) in [7, 11) is 1.88. The Kier molecular flexibility index (Phi) is 4.59. The molecule has 0 aromatic heterocycles. The Morgan fingerprint density at radius 1 is 1.26 bits per heavy atom. The van der Waals surface area contributed by atoms with Gasteiger partial charge in [-0.2, -0.15) is 0 Å². The Bertz CT molecular complexity index is 427. The normalized spacial score (nSPS) is 22.5. The molecule has 1 fully saturated rings. The summed E-state index contributed by atoms with van der Waals surface area (Å²) in [6.07, 6.45) is 4.05. The number of hydrogen-bond donors (Lipinski definition) is 1. The maximum atomic E-state index is 12.3. The minimum absolute atomic E-state index is 0.0277. The molecule has 0 heterocycles. The molecule has 0 radical (unpaired) electrons. The van der Waals surface area contributed by atoms with Crippen LogP contribution in [0.3, 0.4) is 0 Å². The molecular formula is C16H24N2O. The second-order valence-electron chi connectivity index (χ2n) is 5.57. The maximum absolute atomic E-state index is 12.3. The lowest BCUT2D eigenvalue weighted by Crippen LogP contribution is -2.39. The van der Waals surface area contributed by atoms with Gasteiger partial charge in [-0.3, -0.25) is 4.79 Å². The zero-order valence-electron chi connectivity index (χ0n) is 11.9. The molecule has 1 aliphatic carbocycles. The number of carbonyl (C=O) groups is 1. The van der Waals surface area contributed by atoms with Crippen molar-refractivity contribution in [1.29, 1.82) is 0 Å². The van der Waals surface area contributed by atoms with E-state index in [1.807, 2.05) is 11.9 Å². The van der Waals surface area contributed by atoms with Crippen LogP contribution >= 0.6 is 0 Å². The lowest BCUT2D eigenvalue weighted by atomic mass is 10.0. The van der Waals surface area contributed by atoms with Crippen molar-refractivity contribution in [3.8, 4) is 0 Å². The zero-order chi connectivity index (χ0) is 13.8. The molecule has 0 saturated heterocycles. The van der Waals surface area contributed by atoms with Crippen molar-refractivity contribution in [3.05, 3.63) is 35.4 Å². The fourth-order valence-electron chi connectivity index (χ4n) is 2.81. The molecule has 3 nitrogen and oxygen atoms in total. The van der Waals surface area contributed by atoms with E-state index in [2.05, 4.69) is 31.2 Å². The van der Waals surface area contributed by atoms with Gasteiger partial charge < -0.3 is 10.6 Å². The van der Waals surface area contributed by atoms with Crippen molar-refractivity contribution in [2.45, 2.75) is 45.2 Å². The van der Waals surface area contributed by atoms with Crippen molar-refractivity contribution in [2.75, 3.05) is 7.05 Å². The van der Waals surface area contributed by atoms with Crippen molar-refractivity contribution in [2.24, 2.45) is 11.7 Å². The summed E-state index contributed by atoms with van der Waals surface area (Å²) in [4.78, 5) is 14.1. The quantitative estimate of drug-likeness (QED) is 0.903. The largest absolute Gasteiger partial charge is 0.341 e. The summed E-state index contributed by atoms with van der Waals surface area (Å²) in [5.41, 5.74) is 8.51. The monoisotopic (exact) mass is 260 g/mol. The van der Waals surface area contributed by atoms with Gasteiger partial charge >= 0.3 is 0 Å². The highest BCUT2D eigenvalue weighted by Gasteiger charge is 2.32. The van der Waals surface area contributed by atoms with Gasteiger partial charge in [0.25, 0.3) is 0 Å². The fourth-order valence-corrected chi connectivity index (χ4v) is 2.81. The van der Waals surface area contributed by atoms with Gasteiger partial charge in [-0.05, 0) is 30.4 Å². The van der Waals surface area contributed by atoms with Gasteiger partial charge in [-0.1, -0.05) is 37.6 Å². The zero-order valence-corrected chi connectivity index (χ0v) is 11.9. The van der Waals surface area contributed by atoms with Gasteiger partial charge in [0.2, 0.25) is 5.91 Å². The number of rotatable bonds is 4. The highest BCUT2D eigenvalue weighted by atomic mass is 16.2. The van der Waals surface area contributed by atoms with Crippen molar-refractivity contribution >= 4 is 5.91 Å². The molecule has 0 aliphatic heterocycles. The van der Waals surface area contributed by atoms with Crippen LogP contribution < -0.4 is 5.73 Å². The molecule has 1 aromatic rings. The topological polar surface area (TPSA) is 46.3 Å². The van der Waals surface area contributed by atoms with E-state index < -0.39 is 0 Å². The van der Waals surface area contributed by atoms with Crippen molar-refractivity contribution in [1.82, 2.24) is 4.90 Å². The third-order valence-electron chi connectivity index (χ3n) is 4.11. The summed E-state index contributed by atoms with van der Waals surface area (Å²) in [6, 6.07) is 8.54. The van der Waals surface area contributed by atoms with Gasteiger partial charge in [0.1, 0.15) is 0 Å². The second kappa shape index (κ2) is 6.20. The average Bonchev–Trinajstić information content (AvgIpc) is 2.85. The van der Waals surface area contributed by atoms with E-state index in [0.29, 0.717) is 6.54 Å². The summed E-state index contributed by atoms with van der Waals surface area (Å²) in [5.74, 6) is 0.226. The number of hydrogen-bond acceptors (Lipinski definition) is 2. The van der Waals surface area contributed by atoms with Gasteiger partial charge in [0, 0.05) is 19.6 Å². The number of benzene rings is 1. The van der Waals surface area contributed by atoms with Crippen LogP contribution in [0.5, 0.6) is 0 Å².